The van der Waals surface area contributed by atoms with Gasteiger partial charge in [0.25, 0.3) is 0 Å². The van der Waals surface area contributed by atoms with Gasteiger partial charge in [0.1, 0.15) is 11.6 Å². The molecule has 0 aliphatic rings. The Morgan fingerprint density at radius 2 is 2.26 bits per heavy atom. The standard InChI is InChI=1S/C14H21N3O2/c1-4-13(17(2)7-8-18)14-15-11-6-5-10(19-3)9-12(11)16-14/h5-6,9,13,18H,4,7-8H2,1-3H3,(H,15,16). The van der Waals surface area contributed by atoms with Gasteiger partial charge < -0.3 is 14.8 Å². The lowest BCUT2D eigenvalue weighted by molar-refractivity contribution is 0.173. The van der Waals surface area contributed by atoms with Gasteiger partial charge in [-0.05, 0) is 25.6 Å². The number of aliphatic hydroxyl groups is 1. The van der Waals surface area contributed by atoms with Crippen LogP contribution >= 0.6 is 0 Å². The van der Waals surface area contributed by atoms with Crippen molar-refractivity contribution in [2.75, 3.05) is 27.3 Å². The number of likely N-dealkylation sites (N-methyl/N-ethyl adjacent to an activating group) is 1. The second-order valence-electron chi connectivity index (χ2n) is 4.63. The number of benzene rings is 1. The molecule has 0 spiro atoms. The average molecular weight is 263 g/mol. The summed E-state index contributed by atoms with van der Waals surface area (Å²) in [5.74, 6) is 1.75. The number of hydrogen-bond acceptors (Lipinski definition) is 4. The lowest BCUT2D eigenvalue weighted by Gasteiger charge is -2.24. The summed E-state index contributed by atoms with van der Waals surface area (Å²) >= 11 is 0. The molecule has 1 unspecified atom stereocenters. The Morgan fingerprint density at radius 3 is 2.89 bits per heavy atom. The Kier molecular flexibility index (Phi) is 4.39. The number of nitrogens with zero attached hydrogens (tertiary/aromatic N) is 2. The van der Waals surface area contributed by atoms with Gasteiger partial charge in [-0.1, -0.05) is 6.92 Å². The van der Waals surface area contributed by atoms with Crippen LogP contribution < -0.4 is 4.74 Å². The van der Waals surface area contributed by atoms with Gasteiger partial charge in [-0.2, -0.15) is 0 Å². The molecule has 0 saturated heterocycles. The fourth-order valence-corrected chi connectivity index (χ4v) is 2.32. The molecule has 19 heavy (non-hydrogen) atoms. The predicted octanol–water partition coefficient (Wildman–Crippen LogP) is 1.95. The van der Waals surface area contributed by atoms with Crippen LogP contribution in [0.2, 0.25) is 0 Å². The number of aliphatic hydroxyl groups excluding tert-OH is 1. The molecule has 1 atom stereocenters. The molecule has 0 aliphatic carbocycles. The zero-order valence-electron chi connectivity index (χ0n) is 11.7. The van der Waals surface area contributed by atoms with Gasteiger partial charge >= 0.3 is 0 Å². The molecule has 0 amide bonds. The molecule has 0 aliphatic heterocycles. The summed E-state index contributed by atoms with van der Waals surface area (Å²) < 4.78 is 5.21. The van der Waals surface area contributed by atoms with Crippen molar-refractivity contribution < 1.29 is 9.84 Å². The fraction of sp³-hybridized carbons (Fsp3) is 0.500. The van der Waals surface area contributed by atoms with Gasteiger partial charge in [0.05, 0.1) is 30.8 Å². The number of methoxy groups -OCH3 is 1. The summed E-state index contributed by atoms with van der Waals surface area (Å²) in [7, 11) is 3.65. The molecular weight excluding hydrogens is 242 g/mol. The molecule has 2 rings (SSSR count). The minimum Gasteiger partial charge on any atom is -0.497 e. The van der Waals surface area contributed by atoms with Gasteiger partial charge in [-0.25, -0.2) is 4.98 Å². The quantitative estimate of drug-likeness (QED) is 0.836. The Bertz CT molecular complexity index is 538. The van der Waals surface area contributed by atoms with E-state index >= 15 is 0 Å². The summed E-state index contributed by atoms with van der Waals surface area (Å²) in [5, 5.41) is 9.05. The lowest BCUT2D eigenvalue weighted by atomic mass is 10.2. The molecule has 2 N–H and O–H groups in total. The van der Waals surface area contributed by atoms with Gasteiger partial charge in [0, 0.05) is 12.6 Å². The Morgan fingerprint density at radius 1 is 1.47 bits per heavy atom. The number of fused-ring (bicyclic) bond motifs is 1. The molecule has 5 heteroatoms. The minimum atomic E-state index is 0.154. The Balaban J connectivity index is 2.33. The highest BCUT2D eigenvalue weighted by Crippen LogP contribution is 2.25. The molecule has 1 heterocycles. The van der Waals surface area contributed by atoms with Gasteiger partial charge in [0.2, 0.25) is 0 Å². The number of rotatable bonds is 6. The van der Waals surface area contributed by atoms with Crippen molar-refractivity contribution >= 4 is 11.0 Å². The van der Waals surface area contributed by atoms with Crippen LogP contribution in [0.3, 0.4) is 0 Å². The van der Waals surface area contributed by atoms with E-state index in [0.717, 1.165) is 29.0 Å². The second-order valence-corrected chi connectivity index (χ2v) is 4.63. The number of nitrogens with one attached hydrogen (secondary N) is 1. The van der Waals surface area contributed by atoms with Gasteiger partial charge in [-0.15, -0.1) is 0 Å². The van der Waals surface area contributed by atoms with E-state index < -0.39 is 0 Å². The van der Waals surface area contributed by atoms with E-state index in [9.17, 15) is 0 Å². The molecule has 0 fully saturated rings. The summed E-state index contributed by atoms with van der Waals surface area (Å²) in [6.07, 6.45) is 0.938. The average Bonchev–Trinajstić information content (AvgIpc) is 2.82. The summed E-state index contributed by atoms with van der Waals surface area (Å²) in [6.45, 7) is 2.91. The van der Waals surface area contributed by atoms with Gasteiger partial charge in [-0.3, -0.25) is 4.90 Å². The molecule has 0 bridgehead atoms. The van der Waals surface area contributed by atoms with Crippen LogP contribution in [0.5, 0.6) is 5.75 Å². The van der Waals surface area contributed by atoms with Crippen molar-refractivity contribution in [3.05, 3.63) is 24.0 Å². The van der Waals surface area contributed by atoms with E-state index in [0.29, 0.717) is 6.54 Å². The molecule has 0 saturated carbocycles. The van der Waals surface area contributed by atoms with Crippen molar-refractivity contribution in [3.63, 3.8) is 0 Å². The van der Waals surface area contributed by atoms with Crippen LogP contribution in [0.4, 0.5) is 0 Å². The molecule has 1 aromatic carbocycles. The maximum Gasteiger partial charge on any atom is 0.124 e. The first-order valence-corrected chi connectivity index (χ1v) is 6.54. The number of aromatic nitrogens is 2. The lowest BCUT2D eigenvalue weighted by Crippen LogP contribution is -2.27. The maximum absolute atomic E-state index is 9.05. The van der Waals surface area contributed by atoms with Gasteiger partial charge in [0.15, 0.2) is 0 Å². The van der Waals surface area contributed by atoms with Crippen LogP contribution in [0.15, 0.2) is 18.2 Å². The third-order valence-corrected chi connectivity index (χ3v) is 3.39. The largest absolute Gasteiger partial charge is 0.497 e. The van der Waals surface area contributed by atoms with Crippen molar-refractivity contribution in [1.29, 1.82) is 0 Å². The summed E-state index contributed by atoms with van der Waals surface area (Å²) in [4.78, 5) is 10.1. The van der Waals surface area contributed by atoms with E-state index in [-0.39, 0.29) is 12.6 Å². The first-order valence-electron chi connectivity index (χ1n) is 6.54. The van der Waals surface area contributed by atoms with Crippen LogP contribution in [0.25, 0.3) is 11.0 Å². The number of ether oxygens (including phenoxy) is 1. The number of hydrogen-bond donors (Lipinski definition) is 2. The van der Waals surface area contributed by atoms with Crippen LogP contribution in [-0.2, 0) is 0 Å². The molecular formula is C14H21N3O2. The monoisotopic (exact) mass is 263 g/mol. The Hall–Kier alpha value is -1.59. The Labute approximate surface area is 113 Å². The molecule has 1 aromatic heterocycles. The molecule has 5 nitrogen and oxygen atoms in total. The normalized spacial score (nSPS) is 13.1. The van der Waals surface area contributed by atoms with Crippen molar-refractivity contribution in [3.8, 4) is 5.75 Å². The molecule has 2 aromatic rings. The van der Waals surface area contributed by atoms with Crippen molar-refractivity contribution in [2.24, 2.45) is 0 Å². The van der Waals surface area contributed by atoms with Crippen LogP contribution in [-0.4, -0.2) is 47.3 Å². The highest BCUT2D eigenvalue weighted by Gasteiger charge is 2.18. The third kappa shape index (κ3) is 2.88. The van der Waals surface area contributed by atoms with E-state index in [4.69, 9.17) is 9.84 Å². The predicted molar refractivity (Wildman–Crippen MR) is 75.4 cm³/mol. The topological polar surface area (TPSA) is 61.4 Å². The van der Waals surface area contributed by atoms with E-state index in [1.165, 1.54) is 0 Å². The van der Waals surface area contributed by atoms with Crippen molar-refractivity contribution in [1.82, 2.24) is 14.9 Å². The highest BCUT2D eigenvalue weighted by atomic mass is 16.5. The highest BCUT2D eigenvalue weighted by molar-refractivity contribution is 5.76. The molecule has 104 valence electrons. The number of aromatic amines is 1. The smallest absolute Gasteiger partial charge is 0.124 e. The summed E-state index contributed by atoms with van der Waals surface area (Å²) in [5.41, 5.74) is 1.91. The van der Waals surface area contributed by atoms with E-state index in [1.807, 2.05) is 25.2 Å². The third-order valence-electron chi connectivity index (χ3n) is 3.39. The van der Waals surface area contributed by atoms with Crippen LogP contribution in [0, 0.1) is 0 Å². The van der Waals surface area contributed by atoms with Crippen molar-refractivity contribution in [2.45, 2.75) is 19.4 Å². The zero-order chi connectivity index (χ0) is 13.8. The number of H-pyrrole nitrogens is 1. The SMILES string of the molecule is CCC(c1nc2ccc(OC)cc2[nH]1)N(C)CCO. The van der Waals surface area contributed by atoms with E-state index in [1.54, 1.807) is 7.11 Å². The zero-order valence-corrected chi connectivity index (χ0v) is 11.7. The minimum absolute atomic E-state index is 0.154. The van der Waals surface area contributed by atoms with E-state index in [2.05, 4.69) is 21.8 Å². The van der Waals surface area contributed by atoms with Crippen LogP contribution in [0.1, 0.15) is 25.2 Å². The number of imidazole rings is 1. The first kappa shape index (κ1) is 13.8. The summed E-state index contributed by atoms with van der Waals surface area (Å²) in [6, 6.07) is 5.99. The first-order chi connectivity index (χ1) is 9.19. The second kappa shape index (κ2) is 6.04. The maximum atomic E-state index is 9.05. The molecule has 0 radical (unpaired) electrons. The fourth-order valence-electron chi connectivity index (χ4n) is 2.32.